The number of nitrogens with zero attached hydrogens (tertiary/aromatic N) is 4. The van der Waals surface area contributed by atoms with Crippen LogP contribution in [0.2, 0.25) is 0 Å². The maximum atomic E-state index is 12.3. The molecule has 4 rings (SSSR count). The van der Waals surface area contributed by atoms with Crippen LogP contribution in [0.4, 0.5) is 16.0 Å². The second kappa shape index (κ2) is 10.6. The van der Waals surface area contributed by atoms with Crippen LogP contribution in [0, 0.1) is 0 Å². The molecule has 1 fully saturated rings. The van der Waals surface area contributed by atoms with E-state index >= 15 is 0 Å². The van der Waals surface area contributed by atoms with E-state index in [0.29, 0.717) is 16.9 Å². The van der Waals surface area contributed by atoms with E-state index in [4.69, 9.17) is 4.98 Å². The molecule has 0 saturated heterocycles. The molecule has 0 radical (unpaired) electrons. The number of thioether (sulfide) groups is 1. The lowest BCUT2D eigenvalue weighted by Crippen LogP contribution is -2.22. The second-order valence-corrected chi connectivity index (χ2v) is 10.7. The first kappa shape index (κ1) is 22.2. The lowest BCUT2D eigenvalue weighted by molar-refractivity contribution is -0.115. The fourth-order valence-corrected chi connectivity index (χ4v) is 6.37. The second-order valence-electron chi connectivity index (χ2n) is 7.64. The van der Waals surface area contributed by atoms with Gasteiger partial charge in [-0.15, -0.1) is 21.5 Å². The number of carbonyl (C=O) groups excluding carboxylic acids is 1. The SMILES string of the molecule is CCc1ccc(N(C(C)=O)c2nc(CSc3nnc(NC4CCCCC4)s3)cs2)cc1. The van der Waals surface area contributed by atoms with E-state index in [-0.39, 0.29) is 5.91 Å². The molecule has 9 heteroatoms. The summed E-state index contributed by atoms with van der Waals surface area (Å²) in [5.74, 6) is 0.662. The van der Waals surface area contributed by atoms with Gasteiger partial charge in [-0.25, -0.2) is 4.98 Å². The van der Waals surface area contributed by atoms with Gasteiger partial charge < -0.3 is 5.32 Å². The maximum Gasteiger partial charge on any atom is 0.230 e. The van der Waals surface area contributed by atoms with Crippen molar-refractivity contribution in [2.75, 3.05) is 10.2 Å². The summed E-state index contributed by atoms with van der Waals surface area (Å²) in [6.45, 7) is 3.70. The van der Waals surface area contributed by atoms with Crippen molar-refractivity contribution in [2.24, 2.45) is 0 Å². The van der Waals surface area contributed by atoms with Gasteiger partial charge in [-0.3, -0.25) is 9.69 Å². The minimum absolute atomic E-state index is 0.0413. The molecule has 0 unspecified atom stereocenters. The van der Waals surface area contributed by atoms with E-state index in [0.717, 1.165) is 27.3 Å². The van der Waals surface area contributed by atoms with E-state index in [1.54, 1.807) is 34.9 Å². The summed E-state index contributed by atoms with van der Waals surface area (Å²) in [5, 5.41) is 15.8. The van der Waals surface area contributed by atoms with Crippen LogP contribution in [-0.4, -0.2) is 27.1 Å². The number of anilines is 3. The highest BCUT2D eigenvalue weighted by Crippen LogP contribution is 2.33. The molecule has 1 amide bonds. The number of aromatic nitrogens is 3. The average molecular weight is 474 g/mol. The van der Waals surface area contributed by atoms with Gasteiger partial charge in [0.25, 0.3) is 0 Å². The Kier molecular flexibility index (Phi) is 7.58. The maximum absolute atomic E-state index is 12.3. The minimum Gasteiger partial charge on any atom is -0.357 e. The molecule has 0 atom stereocenters. The van der Waals surface area contributed by atoms with Crippen LogP contribution in [0.5, 0.6) is 0 Å². The fourth-order valence-electron chi connectivity index (χ4n) is 3.66. The van der Waals surface area contributed by atoms with E-state index in [2.05, 4.69) is 34.6 Å². The highest BCUT2D eigenvalue weighted by Gasteiger charge is 2.19. The molecule has 1 saturated carbocycles. The van der Waals surface area contributed by atoms with Crippen LogP contribution in [-0.2, 0) is 17.0 Å². The summed E-state index contributed by atoms with van der Waals surface area (Å²) < 4.78 is 0.937. The Morgan fingerprint density at radius 1 is 1.19 bits per heavy atom. The molecule has 31 heavy (non-hydrogen) atoms. The normalized spacial score (nSPS) is 14.5. The minimum atomic E-state index is -0.0413. The first-order chi connectivity index (χ1) is 15.1. The van der Waals surface area contributed by atoms with Crippen molar-refractivity contribution >= 4 is 56.3 Å². The molecule has 164 valence electrons. The van der Waals surface area contributed by atoms with E-state index in [1.807, 2.05) is 17.5 Å². The summed E-state index contributed by atoms with van der Waals surface area (Å²) >= 11 is 4.73. The standard InChI is InChI=1S/C22H27N5OS3/c1-3-16-9-11-19(12-10-16)27(15(2)28)21-24-18(13-29-21)14-30-22-26-25-20(31-22)23-17-7-5-4-6-8-17/h9-13,17H,3-8,14H2,1-2H3,(H,23,25). The van der Waals surface area contributed by atoms with Gasteiger partial charge in [0.05, 0.1) is 11.4 Å². The number of amides is 1. The highest BCUT2D eigenvalue weighted by molar-refractivity contribution is 8.00. The lowest BCUT2D eigenvalue weighted by atomic mass is 9.96. The van der Waals surface area contributed by atoms with Crippen molar-refractivity contribution in [3.8, 4) is 0 Å². The number of nitrogens with one attached hydrogen (secondary N) is 1. The Balaban J connectivity index is 1.37. The van der Waals surface area contributed by atoms with E-state index < -0.39 is 0 Å². The molecular weight excluding hydrogens is 446 g/mol. The molecule has 1 aromatic carbocycles. The molecule has 3 aromatic rings. The van der Waals surface area contributed by atoms with Gasteiger partial charge in [-0.05, 0) is 37.0 Å². The Bertz CT molecular complexity index is 995. The number of hydrogen-bond donors (Lipinski definition) is 1. The molecular formula is C22H27N5OS3. The monoisotopic (exact) mass is 473 g/mol. The molecule has 0 spiro atoms. The van der Waals surface area contributed by atoms with Crippen LogP contribution in [0.1, 0.15) is 57.2 Å². The molecule has 2 aromatic heterocycles. The van der Waals surface area contributed by atoms with Crippen molar-refractivity contribution in [3.63, 3.8) is 0 Å². The molecule has 0 bridgehead atoms. The fraction of sp³-hybridized carbons (Fsp3) is 0.455. The van der Waals surface area contributed by atoms with E-state index in [9.17, 15) is 4.79 Å². The molecule has 0 aliphatic heterocycles. The predicted molar refractivity (Wildman–Crippen MR) is 131 cm³/mol. The quantitative estimate of drug-likeness (QED) is 0.388. The third-order valence-corrected chi connectivity index (χ3v) is 8.23. The Hall–Kier alpha value is -1.97. The van der Waals surface area contributed by atoms with Gasteiger partial charge >= 0.3 is 0 Å². The van der Waals surface area contributed by atoms with Crippen LogP contribution in [0.25, 0.3) is 0 Å². The third-order valence-electron chi connectivity index (χ3n) is 5.33. The zero-order valence-electron chi connectivity index (χ0n) is 17.8. The largest absolute Gasteiger partial charge is 0.357 e. The highest BCUT2D eigenvalue weighted by atomic mass is 32.2. The van der Waals surface area contributed by atoms with Crippen LogP contribution < -0.4 is 10.2 Å². The molecule has 1 aliphatic rings. The smallest absolute Gasteiger partial charge is 0.230 e. The van der Waals surface area contributed by atoms with Crippen molar-refractivity contribution in [3.05, 3.63) is 40.9 Å². The number of aryl methyl sites for hydroxylation is 1. The number of carbonyl (C=O) groups is 1. The summed E-state index contributed by atoms with van der Waals surface area (Å²) in [6.07, 6.45) is 7.35. The van der Waals surface area contributed by atoms with Gasteiger partial charge in [0.1, 0.15) is 0 Å². The summed E-state index contributed by atoms with van der Waals surface area (Å²) in [5.41, 5.74) is 3.04. The predicted octanol–water partition coefficient (Wildman–Crippen LogP) is 6.28. The third kappa shape index (κ3) is 5.84. The van der Waals surface area contributed by atoms with Crippen molar-refractivity contribution in [1.82, 2.24) is 15.2 Å². The van der Waals surface area contributed by atoms with Gasteiger partial charge in [0.15, 0.2) is 9.47 Å². The topological polar surface area (TPSA) is 71.0 Å². The summed E-state index contributed by atoms with van der Waals surface area (Å²) in [6, 6.07) is 8.62. The van der Waals surface area contributed by atoms with Crippen LogP contribution in [0.15, 0.2) is 34.0 Å². The van der Waals surface area contributed by atoms with Crippen LogP contribution in [0.3, 0.4) is 0 Å². The molecule has 6 nitrogen and oxygen atoms in total. The number of rotatable bonds is 8. The van der Waals surface area contributed by atoms with Gasteiger partial charge in [0.2, 0.25) is 11.0 Å². The average Bonchev–Trinajstić information content (AvgIpc) is 3.43. The van der Waals surface area contributed by atoms with Crippen molar-refractivity contribution in [1.29, 1.82) is 0 Å². The van der Waals surface area contributed by atoms with Crippen LogP contribution >= 0.6 is 34.4 Å². The molecule has 2 heterocycles. The van der Waals surface area contributed by atoms with Gasteiger partial charge in [0, 0.05) is 24.1 Å². The number of thiazole rings is 1. The van der Waals surface area contributed by atoms with Crippen molar-refractivity contribution < 1.29 is 4.79 Å². The zero-order valence-corrected chi connectivity index (χ0v) is 20.3. The zero-order chi connectivity index (χ0) is 21.6. The summed E-state index contributed by atoms with van der Waals surface area (Å²) in [4.78, 5) is 18.7. The van der Waals surface area contributed by atoms with E-state index in [1.165, 1.54) is 49.0 Å². The lowest BCUT2D eigenvalue weighted by Gasteiger charge is -2.21. The molecule has 1 aliphatic carbocycles. The summed E-state index contributed by atoms with van der Waals surface area (Å²) in [7, 11) is 0. The Morgan fingerprint density at radius 2 is 1.97 bits per heavy atom. The first-order valence-electron chi connectivity index (χ1n) is 10.7. The molecule has 1 N–H and O–H groups in total. The Labute approximate surface area is 195 Å². The van der Waals surface area contributed by atoms with Gasteiger partial charge in [-0.2, -0.15) is 0 Å². The Morgan fingerprint density at radius 3 is 2.68 bits per heavy atom. The first-order valence-corrected chi connectivity index (χ1v) is 13.4. The van der Waals surface area contributed by atoms with Crippen molar-refractivity contribution in [2.45, 2.75) is 68.5 Å². The number of hydrogen-bond acceptors (Lipinski definition) is 8. The van der Waals surface area contributed by atoms with Gasteiger partial charge in [-0.1, -0.05) is 61.4 Å². The number of benzene rings is 1.